The molecule has 1 saturated heterocycles. The average Bonchev–Trinajstić information content (AvgIpc) is 2.96. The Morgan fingerprint density at radius 3 is 3.14 bits per heavy atom. The molecule has 6 heteroatoms. The SMILES string of the molecule is O=C(O)CCC1CCCN(C(=O)c2c[nH]c3ncccc23)C1. The van der Waals surface area contributed by atoms with E-state index in [1.54, 1.807) is 12.4 Å². The van der Waals surface area contributed by atoms with Crippen LogP contribution in [0.1, 0.15) is 36.0 Å². The van der Waals surface area contributed by atoms with Gasteiger partial charge in [0.1, 0.15) is 5.65 Å². The number of nitrogens with one attached hydrogen (secondary N) is 1. The maximum atomic E-state index is 12.7. The van der Waals surface area contributed by atoms with Crippen LogP contribution < -0.4 is 0 Å². The van der Waals surface area contributed by atoms with Crippen LogP contribution >= 0.6 is 0 Å². The Labute approximate surface area is 128 Å². The molecule has 3 heterocycles. The molecule has 2 aromatic heterocycles. The molecule has 3 rings (SSSR count). The Balaban J connectivity index is 1.73. The van der Waals surface area contributed by atoms with E-state index in [0.29, 0.717) is 24.2 Å². The zero-order valence-corrected chi connectivity index (χ0v) is 12.3. The lowest BCUT2D eigenvalue weighted by Crippen LogP contribution is -2.40. The number of fused-ring (bicyclic) bond motifs is 1. The molecule has 0 spiro atoms. The highest BCUT2D eigenvalue weighted by molar-refractivity contribution is 6.05. The third kappa shape index (κ3) is 2.95. The summed E-state index contributed by atoms with van der Waals surface area (Å²) in [5.41, 5.74) is 1.35. The van der Waals surface area contributed by atoms with Gasteiger partial charge in [-0.1, -0.05) is 0 Å². The van der Waals surface area contributed by atoms with Gasteiger partial charge in [0.2, 0.25) is 0 Å². The van der Waals surface area contributed by atoms with Crippen molar-refractivity contribution in [1.29, 1.82) is 0 Å². The highest BCUT2D eigenvalue weighted by atomic mass is 16.4. The van der Waals surface area contributed by atoms with Crippen molar-refractivity contribution >= 4 is 22.9 Å². The van der Waals surface area contributed by atoms with Gasteiger partial charge in [0, 0.05) is 37.3 Å². The Hall–Kier alpha value is -2.37. The summed E-state index contributed by atoms with van der Waals surface area (Å²) in [7, 11) is 0. The number of nitrogens with zero attached hydrogens (tertiary/aromatic N) is 2. The Morgan fingerprint density at radius 1 is 1.45 bits per heavy atom. The van der Waals surface area contributed by atoms with E-state index in [2.05, 4.69) is 9.97 Å². The van der Waals surface area contributed by atoms with Crippen molar-refractivity contribution in [2.24, 2.45) is 5.92 Å². The van der Waals surface area contributed by atoms with Gasteiger partial charge in [-0.2, -0.15) is 0 Å². The normalized spacial score (nSPS) is 18.5. The van der Waals surface area contributed by atoms with Crippen LogP contribution in [0.4, 0.5) is 0 Å². The quantitative estimate of drug-likeness (QED) is 0.907. The molecule has 1 atom stereocenters. The monoisotopic (exact) mass is 301 g/mol. The number of carboxylic acid groups (broad SMARTS) is 1. The number of carboxylic acids is 1. The number of piperidine rings is 1. The second-order valence-corrected chi connectivity index (χ2v) is 5.79. The summed E-state index contributed by atoms with van der Waals surface area (Å²) in [6.07, 6.45) is 6.12. The van der Waals surface area contributed by atoms with Gasteiger partial charge in [-0.25, -0.2) is 4.98 Å². The van der Waals surface area contributed by atoms with Crippen molar-refractivity contribution in [1.82, 2.24) is 14.9 Å². The lowest BCUT2D eigenvalue weighted by atomic mass is 9.93. The topological polar surface area (TPSA) is 86.3 Å². The molecule has 1 aliphatic heterocycles. The van der Waals surface area contributed by atoms with E-state index in [9.17, 15) is 9.59 Å². The van der Waals surface area contributed by atoms with Crippen molar-refractivity contribution in [3.8, 4) is 0 Å². The molecule has 0 radical (unpaired) electrons. The number of aromatic amines is 1. The molecule has 22 heavy (non-hydrogen) atoms. The number of pyridine rings is 1. The predicted molar refractivity (Wildman–Crippen MR) is 81.6 cm³/mol. The molecule has 1 aliphatic rings. The number of rotatable bonds is 4. The van der Waals surface area contributed by atoms with Crippen molar-refractivity contribution in [2.75, 3.05) is 13.1 Å². The fourth-order valence-corrected chi connectivity index (χ4v) is 3.12. The van der Waals surface area contributed by atoms with Gasteiger partial charge < -0.3 is 15.0 Å². The third-order valence-corrected chi connectivity index (χ3v) is 4.25. The second kappa shape index (κ2) is 6.17. The number of carbonyl (C=O) groups excluding carboxylic acids is 1. The van der Waals surface area contributed by atoms with Gasteiger partial charge in [-0.3, -0.25) is 9.59 Å². The van der Waals surface area contributed by atoms with Crippen LogP contribution in [0.2, 0.25) is 0 Å². The molecule has 1 unspecified atom stereocenters. The molecule has 6 nitrogen and oxygen atoms in total. The summed E-state index contributed by atoms with van der Waals surface area (Å²) in [4.78, 5) is 32.5. The molecule has 116 valence electrons. The molecule has 0 bridgehead atoms. The first-order chi connectivity index (χ1) is 10.6. The summed E-state index contributed by atoms with van der Waals surface area (Å²) in [6.45, 7) is 1.37. The van der Waals surface area contributed by atoms with Crippen LogP contribution in [0.5, 0.6) is 0 Å². The van der Waals surface area contributed by atoms with Crippen LogP contribution in [0, 0.1) is 5.92 Å². The third-order valence-electron chi connectivity index (χ3n) is 4.25. The van der Waals surface area contributed by atoms with Crippen molar-refractivity contribution in [2.45, 2.75) is 25.7 Å². The van der Waals surface area contributed by atoms with Gasteiger partial charge in [-0.05, 0) is 37.3 Å². The number of aliphatic carboxylic acids is 1. The molecule has 2 N–H and O–H groups in total. The summed E-state index contributed by atoms with van der Waals surface area (Å²) >= 11 is 0. The first kappa shape index (κ1) is 14.6. The number of amides is 1. The van der Waals surface area contributed by atoms with Gasteiger partial charge in [-0.15, -0.1) is 0 Å². The minimum Gasteiger partial charge on any atom is -0.481 e. The average molecular weight is 301 g/mol. The maximum Gasteiger partial charge on any atom is 0.303 e. The van der Waals surface area contributed by atoms with Crippen LogP contribution in [0.25, 0.3) is 11.0 Å². The first-order valence-electron chi connectivity index (χ1n) is 7.58. The number of carbonyl (C=O) groups is 2. The molecule has 1 fully saturated rings. The standard InChI is InChI=1S/C16H19N3O3/c20-14(21)6-5-11-3-2-8-19(10-11)16(22)13-9-18-15-12(13)4-1-7-17-15/h1,4,7,9,11H,2-3,5-6,8,10H2,(H,17,18)(H,20,21). The van der Waals surface area contributed by atoms with Crippen LogP contribution in [0.15, 0.2) is 24.5 Å². The van der Waals surface area contributed by atoms with E-state index < -0.39 is 5.97 Å². The Kier molecular flexibility index (Phi) is 4.09. The number of hydrogen-bond acceptors (Lipinski definition) is 3. The Bertz CT molecular complexity index is 695. The summed E-state index contributed by atoms with van der Waals surface area (Å²) in [5, 5.41) is 9.63. The van der Waals surface area contributed by atoms with E-state index in [0.717, 1.165) is 24.8 Å². The van der Waals surface area contributed by atoms with Gasteiger partial charge >= 0.3 is 5.97 Å². The summed E-state index contributed by atoms with van der Waals surface area (Å²) in [6, 6.07) is 3.71. The molecular formula is C16H19N3O3. The number of aromatic nitrogens is 2. The van der Waals surface area contributed by atoms with Crippen LogP contribution in [-0.4, -0.2) is 44.9 Å². The minimum atomic E-state index is -0.772. The van der Waals surface area contributed by atoms with Crippen LogP contribution in [-0.2, 0) is 4.79 Å². The number of hydrogen-bond donors (Lipinski definition) is 2. The van der Waals surface area contributed by atoms with E-state index in [1.165, 1.54) is 0 Å². The number of likely N-dealkylation sites (tertiary alicyclic amines) is 1. The van der Waals surface area contributed by atoms with Crippen LogP contribution in [0.3, 0.4) is 0 Å². The maximum absolute atomic E-state index is 12.7. The zero-order valence-electron chi connectivity index (χ0n) is 12.3. The fourth-order valence-electron chi connectivity index (χ4n) is 3.12. The predicted octanol–water partition coefficient (Wildman–Crippen LogP) is 2.28. The van der Waals surface area contributed by atoms with Gasteiger partial charge in [0.15, 0.2) is 0 Å². The number of H-pyrrole nitrogens is 1. The smallest absolute Gasteiger partial charge is 0.303 e. The van der Waals surface area contributed by atoms with E-state index in [1.807, 2.05) is 17.0 Å². The molecule has 0 saturated carbocycles. The van der Waals surface area contributed by atoms with Crippen molar-refractivity contribution in [3.05, 3.63) is 30.1 Å². The van der Waals surface area contributed by atoms with E-state index in [-0.39, 0.29) is 18.2 Å². The first-order valence-corrected chi connectivity index (χ1v) is 7.58. The van der Waals surface area contributed by atoms with Crippen molar-refractivity contribution < 1.29 is 14.7 Å². The molecular weight excluding hydrogens is 282 g/mol. The highest BCUT2D eigenvalue weighted by Gasteiger charge is 2.26. The van der Waals surface area contributed by atoms with Gasteiger partial charge in [0.05, 0.1) is 5.56 Å². The molecule has 1 amide bonds. The Morgan fingerprint density at radius 2 is 2.32 bits per heavy atom. The fraction of sp³-hybridized carbons (Fsp3) is 0.438. The largest absolute Gasteiger partial charge is 0.481 e. The zero-order chi connectivity index (χ0) is 15.5. The lowest BCUT2D eigenvalue weighted by Gasteiger charge is -2.32. The van der Waals surface area contributed by atoms with E-state index in [4.69, 9.17) is 5.11 Å². The summed E-state index contributed by atoms with van der Waals surface area (Å²) < 4.78 is 0. The highest BCUT2D eigenvalue weighted by Crippen LogP contribution is 2.24. The molecule has 0 aromatic carbocycles. The van der Waals surface area contributed by atoms with Gasteiger partial charge in [0.25, 0.3) is 5.91 Å². The minimum absolute atomic E-state index is 0.000671. The lowest BCUT2D eigenvalue weighted by molar-refractivity contribution is -0.137. The summed E-state index contributed by atoms with van der Waals surface area (Å²) in [5.74, 6) is -0.498. The molecule has 2 aromatic rings. The second-order valence-electron chi connectivity index (χ2n) is 5.79. The van der Waals surface area contributed by atoms with Crippen molar-refractivity contribution in [3.63, 3.8) is 0 Å². The molecule has 0 aliphatic carbocycles. The van der Waals surface area contributed by atoms with E-state index >= 15 is 0 Å².